The molecule has 0 bridgehead atoms. The first-order valence-electron chi connectivity index (χ1n) is 6.35. The van der Waals surface area contributed by atoms with Gasteiger partial charge in [-0.3, -0.25) is 0 Å². The van der Waals surface area contributed by atoms with Crippen molar-refractivity contribution in [3.8, 4) is 23.3 Å². The van der Waals surface area contributed by atoms with E-state index in [4.69, 9.17) is 20.5 Å². The summed E-state index contributed by atoms with van der Waals surface area (Å²) in [7, 11) is 0. The van der Waals surface area contributed by atoms with E-state index < -0.39 is 0 Å². The molecule has 0 atom stereocenters. The van der Waals surface area contributed by atoms with Gasteiger partial charge in [-0.1, -0.05) is 6.07 Å². The molecule has 4 heteroatoms. The average molecular weight is 268 g/mol. The third-order valence-electron chi connectivity index (χ3n) is 2.83. The summed E-state index contributed by atoms with van der Waals surface area (Å²) >= 11 is 0. The highest BCUT2D eigenvalue weighted by molar-refractivity contribution is 5.56. The van der Waals surface area contributed by atoms with Crippen LogP contribution < -0.4 is 15.2 Å². The quantitative estimate of drug-likeness (QED) is 0.859. The van der Waals surface area contributed by atoms with E-state index >= 15 is 0 Å². The number of aryl methyl sites for hydroxylation is 1. The summed E-state index contributed by atoms with van der Waals surface area (Å²) in [5.74, 6) is 1.87. The lowest BCUT2D eigenvalue weighted by atomic mass is 10.1. The van der Waals surface area contributed by atoms with Gasteiger partial charge in [0.1, 0.15) is 17.2 Å². The second-order valence-electron chi connectivity index (χ2n) is 4.33. The number of nitrogen functional groups attached to an aromatic ring is 1. The first-order chi connectivity index (χ1) is 9.63. The second-order valence-corrected chi connectivity index (χ2v) is 4.33. The molecule has 0 unspecified atom stereocenters. The van der Waals surface area contributed by atoms with Gasteiger partial charge in [0, 0.05) is 6.07 Å². The van der Waals surface area contributed by atoms with Crippen LogP contribution in [0.25, 0.3) is 0 Å². The highest BCUT2D eigenvalue weighted by Gasteiger charge is 2.06. The third kappa shape index (κ3) is 3.01. The number of hydrogen-bond donors (Lipinski definition) is 1. The normalized spacial score (nSPS) is 9.85. The molecule has 20 heavy (non-hydrogen) atoms. The van der Waals surface area contributed by atoms with Gasteiger partial charge >= 0.3 is 0 Å². The van der Waals surface area contributed by atoms with Gasteiger partial charge in [0.25, 0.3) is 0 Å². The van der Waals surface area contributed by atoms with Crippen molar-refractivity contribution in [1.82, 2.24) is 0 Å². The fraction of sp³-hybridized carbons (Fsp3) is 0.188. The van der Waals surface area contributed by atoms with Gasteiger partial charge in [0.15, 0.2) is 0 Å². The van der Waals surface area contributed by atoms with Gasteiger partial charge in [-0.15, -0.1) is 0 Å². The maximum absolute atomic E-state index is 8.93. The summed E-state index contributed by atoms with van der Waals surface area (Å²) in [4.78, 5) is 0. The molecule has 2 aromatic carbocycles. The van der Waals surface area contributed by atoms with Crippen LogP contribution in [0.1, 0.15) is 18.1 Å². The molecule has 2 aromatic rings. The highest BCUT2D eigenvalue weighted by Crippen LogP contribution is 2.31. The molecule has 2 N–H and O–H groups in total. The van der Waals surface area contributed by atoms with E-state index in [0.29, 0.717) is 35.1 Å². The van der Waals surface area contributed by atoms with Crippen LogP contribution in [0.15, 0.2) is 36.4 Å². The van der Waals surface area contributed by atoms with E-state index in [1.165, 1.54) is 0 Å². The van der Waals surface area contributed by atoms with Gasteiger partial charge in [0.2, 0.25) is 0 Å². The van der Waals surface area contributed by atoms with Crippen molar-refractivity contribution in [2.24, 2.45) is 0 Å². The van der Waals surface area contributed by atoms with Crippen LogP contribution in [0.3, 0.4) is 0 Å². The van der Waals surface area contributed by atoms with Crippen molar-refractivity contribution in [2.45, 2.75) is 13.8 Å². The highest BCUT2D eigenvalue weighted by atomic mass is 16.5. The van der Waals surface area contributed by atoms with Gasteiger partial charge in [-0.2, -0.15) is 5.26 Å². The number of rotatable bonds is 4. The Morgan fingerprint density at radius 2 is 1.95 bits per heavy atom. The van der Waals surface area contributed by atoms with E-state index in [2.05, 4.69) is 6.07 Å². The molecule has 2 rings (SSSR count). The predicted molar refractivity (Wildman–Crippen MR) is 78.0 cm³/mol. The van der Waals surface area contributed by atoms with Crippen LogP contribution in [-0.2, 0) is 0 Å². The topological polar surface area (TPSA) is 68.3 Å². The molecular weight excluding hydrogens is 252 g/mol. The van der Waals surface area contributed by atoms with Crippen LogP contribution >= 0.6 is 0 Å². The molecule has 0 amide bonds. The Balaban J connectivity index is 2.30. The SMILES string of the molecule is CCOc1cc(Oc2cc(C#N)ccc2C)ccc1N. The maximum Gasteiger partial charge on any atom is 0.145 e. The summed E-state index contributed by atoms with van der Waals surface area (Å²) in [5, 5.41) is 8.93. The van der Waals surface area contributed by atoms with E-state index in [9.17, 15) is 0 Å². The molecule has 0 radical (unpaired) electrons. The van der Waals surface area contributed by atoms with Crippen LogP contribution in [0, 0.1) is 18.3 Å². The zero-order valence-corrected chi connectivity index (χ0v) is 11.5. The number of benzene rings is 2. The van der Waals surface area contributed by atoms with Crippen LogP contribution in [0.2, 0.25) is 0 Å². The van der Waals surface area contributed by atoms with Gasteiger partial charge in [-0.05, 0) is 43.7 Å². The number of nitrogens with zero attached hydrogens (tertiary/aromatic N) is 1. The Bertz CT molecular complexity index is 660. The van der Waals surface area contributed by atoms with E-state index in [1.807, 2.05) is 19.9 Å². The Morgan fingerprint density at radius 1 is 1.15 bits per heavy atom. The minimum atomic E-state index is 0.538. The van der Waals surface area contributed by atoms with E-state index in [0.717, 1.165) is 5.56 Å². The fourth-order valence-corrected chi connectivity index (χ4v) is 1.77. The van der Waals surface area contributed by atoms with Gasteiger partial charge in [-0.25, -0.2) is 0 Å². The van der Waals surface area contributed by atoms with Gasteiger partial charge < -0.3 is 15.2 Å². The lowest BCUT2D eigenvalue weighted by Crippen LogP contribution is -1.97. The number of nitriles is 1. The first kappa shape index (κ1) is 13.8. The van der Waals surface area contributed by atoms with Crippen molar-refractivity contribution in [2.75, 3.05) is 12.3 Å². The van der Waals surface area contributed by atoms with Crippen LogP contribution in [0.4, 0.5) is 5.69 Å². The number of anilines is 1. The molecule has 0 heterocycles. The molecule has 0 aliphatic carbocycles. The molecule has 0 aliphatic rings. The minimum absolute atomic E-state index is 0.538. The molecule has 0 aliphatic heterocycles. The summed E-state index contributed by atoms with van der Waals surface area (Å²) in [6.07, 6.45) is 0. The molecule has 102 valence electrons. The Hall–Kier alpha value is -2.67. The maximum atomic E-state index is 8.93. The largest absolute Gasteiger partial charge is 0.492 e. The molecule has 0 fully saturated rings. The van der Waals surface area contributed by atoms with E-state index in [-0.39, 0.29) is 0 Å². The number of hydrogen-bond acceptors (Lipinski definition) is 4. The van der Waals surface area contributed by atoms with Crippen molar-refractivity contribution >= 4 is 5.69 Å². The van der Waals surface area contributed by atoms with Crippen molar-refractivity contribution in [3.05, 3.63) is 47.5 Å². The molecule has 0 saturated carbocycles. The summed E-state index contributed by atoms with van der Waals surface area (Å²) in [6, 6.07) is 12.7. The number of ether oxygens (including phenoxy) is 2. The average Bonchev–Trinajstić information content (AvgIpc) is 2.45. The Labute approximate surface area is 118 Å². The first-order valence-corrected chi connectivity index (χ1v) is 6.35. The standard InChI is InChI=1S/C16H16N2O2/c1-3-19-16-9-13(6-7-14(16)18)20-15-8-12(10-17)5-4-11(15)2/h4-9H,3,18H2,1-2H3. The lowest BCUT2D eigenvalue weighted by Gasteiger charge is -2.12. The molecule has 0 saturated heterocycles. The fourth-order valence-electron chi connectivity index (χ4n) is 1.77. The van der Waals surface area contributed by atoms with Gasteiger partial charge in [0.05, 0.1) is 23.9 Å². The minimum Gasteiger partial charge on any atom is -0.492 e. The van der Waals surface area contributed by atoms with Crippen molar-refractivity contribution < 1.29 is 9.47 Å². The third-order valence-corrected chi connectivity index (χ3v) is 2.83. The summed E-state index contributed by atoms with van der Waals surface area (Å²) in [5.41, 5.74) is 7.91. The molecular formula is C16H16N2O2. The number of nitrogens with two attached hydrogens (primary N) is 1. The summed E-state index contributed by atoms with van der Waals surface area (Å²) in [6.45, 7) is 4.36. The Morgan fingerprint density at radius 3 is 2.65 bits per heavy atom. The zero-order chi connectivity index (χ0) is 14.5. The van der Waals surface area contributed by atoms with E-state index in [1.54, 1.807) is 30.3 Å². The summed E-state index contributed by atoms with van der Waals surface area (Å²) < 4.78 is 11.2. The van der Waals surface area contributed by atoms with Crippen molar-refractivity contribution in [1.29, 1.82) is 5.26 Å². The van der Waals surface area contributed by atoms with Crippen LogP contribution in [0.5, 0.6) is 17.2 Å². The predicted octanol–water partition coefficient (Wildman–Crippen LogP) is 3.64. The molecule has 0 aromatic heterocycles. The Kier molecular flexibility index (Phi) is 4.11. The van der Waals surface area contributed by atoms with Crippen molar-refractivity contribution in [3.63, 3.8) is 0 Å². The smallest absolute Gasteiger partial charge is 0.145 e. The van der Waals surface area contributed by atoms with Crippen LogP contribution in [-0.4, -0.2) is 6.61 Å². The lowest BCUT2D eigenvalue weighted by molar-refractivity contribution is 0.340. The second kappa shape index (κ2) is 5.98. The monoisotopic (exact) mass is 268 g/mol. The molecule has 4 nitrogen and oxygen atoms in total. The zero-order valence-electron chi connectivity index (χ0n) is 11.5. The molecule has 0 spiro atoms.